The van der Waals surface area contributed by atoms with Gasteiger partial charge in [0, 0.05) is 12.1 Å². The van der Waals surface area contributed by atoms with E-state index in [2.05, 4.69) is 20.0 Å². The second kappa shape index (κ2) is 11.8. The van der Waals surface area contributed by atoms with Gasteiger partial charge < -0.3 is 29.7 Å². The van der Waals surface area contributed by atoms with E-state index in [4.69, 9.17) is 19.5 Å². The average Bonchev–Trinajstić information content (AvgIpc) is 2.95. The first-order valence-corrected chi connectivity index (χ1v) is 13.0. The van der Waals surface area contributed by atoms with Gasteiger partial charge in [-0.25, -0.2) is 18.4 Å². The number of aliphatic hydroxyl groups is 2. The summed E-state index contributed by atoms with van der Waals surface area (Å²) in [6.07, 6.45) is -1.15. The summed E-state index contributed by atoms with van der Waals surface area (Å²) in [5.41, 5.74) is 1.49. The van der Waals surface area contributed by atoms with Crippen LogP contribution in [-0.4, -0.2) is 62.1 Å². The number of nitrogens with zero attached hydrogens (tertiary/aromatic N) is 3. The molecule has 0 aliphatic heterocycles. The lowest BCUT2D eigenvalue weighted by Crippen LogP contribution is -2.22. The fraction of sp³-hybridized carbons (Fsp3) is 0.192. The number of benzene rings is 3. The Morgan fingerprint density at radius 1 is 1.00 bits per heavy atom. The molecule has 1 unspecified atom stereocenters. The van der Waals surface area contributed by atoms with Crippen molar-refractivity contribution in [3.63, 3.8) is 0 Å². The molecule has 4 rings (SSSR count). The first-order chi connectivity index (χ1) is 18.8. The largest absolute Gasteiger partial charge is 0.497 e. The average molecular weight is 552 g/mol. The molecule has 0 radical (unpaired) electrons. The molecule has 0 bridgehead atoms. The number of rotatable bonds is 11. The third-order valence-electron chi connectivity index (χ3n) is 5.46. The van der Waals surface area contributed by atoms with Crippen molar-refractivity contribution in [2.24, 2.45) is 0 Å². The molecule has 4 aromatic rings. The highest BCUT2D eigenvalue weighted by Gasteiger charge is 2.22. The number of para-hydroxylation sites is 2. The van der Waals surface area contributed by atoms with Gasteiger partial charge in [0.05, 0.1) is 54.1 Å². The number of nitrogens with one attached hydrogen (secondary N) is 2. The Morgan fingerprint density at radius 3 is 2.26 bits per heavy atom. The van der Waals surface area contributed by atoms with Crippen LogP contribution in [0.25, 0.3) is 11.0 Å². The molecule has 13 heteroatoms. The van der Waals surface area contributed by atoms with Crippen LogP contribution in [0.4, 0.5) is 17.3 Å². The van der Waals surface area contributed by atoms with Gasteiger partial charge in [-0.2, -0.15) is 5.26 Å². The van der Waals surface area contributed by atoms with Gasteiger partial charge in [-0.05, 0) is 36.4 Å². The van der Waals surface area contributed by atoms with E-state index in [0.717, 1.165) is 0 Å². The number of hydrogen-bond donors (Lipinski definition) is 4. The zero-order chi connectivity index (χ0) is 28.0. The van der Waals surface area contributed by atoms with E-state index in [1.165, 1.54) is 38.5 Å². The van der Waals surface area contributed by atoms with Crippen molar-refractivity contribution < 1.29 is 32.8 Å². The first kappa shape index (κ1) is 27.4. The smallest absolute Gasteiger partial charge is 0.263 e. The highest BCUT2D eigenvalue weighted by Crippen LogP contribution is 2.42. The van der Waals surface area contributed by atoms with Crippen LogP contribution in [0.2, 0.25) is 0 Å². The van der Waals surface area contributed by atoms with Crippen molar-refractivity contribution in [2.45, 2.75) is 11.0 Å². The van der Waals surface area contributed by atoms with Crippen molar-refractivity contribution in [3.05, 3.63) is 66.2 Å². The van der Waals surface area contributed by atoms with Gasteiger partial charge >= 0.3 is 0 Å². The maximum atomic E-state index is 13.2. The van der Waals surface area contributed by atoms with Crippen LogP contribution in [0.1, 0.15) is 5.56 Å². The molecule has 0 spiro atoms. The van der Waals surface area contributed by atoms with E-state index < -0.39 is 22.7 Å². The number of nitriles is 1. The van der Waals surface area contributed by atoms with Crippen LogP contribution in [0.5, 0.6) is 17.2 Å². The quantitative estimate of drug-likeness (QED) is 0.216. The summed E-state index contributed by atoms with van der Waals surface area (Å²) in [5.74, 6) is 0.713. The molecule has 3 aromatic carbocycles. The number of fused-ring (bicyclic) bond motifs is 1. The van der Waals surface area contributed by atoms with Gasteiger partial charge in [0.25, 0.3) is 10.0 Å². The summed E-state index contributed by atoms with van der Waals surface area (Å²) in [5, 5.41) is 31.1. The van der Waals surface area contributed by atoms with Crippen LogP contribution >= 0.6 is 0 Å². The molecule has 12 nitrogen and oxygen atoms in total. The van der Waals surface area contributed by atoms with E-state index in [1.807, 2.05) is 6.07 Å². The maximum Gasteiger partial charge on any atom is 0.263 e. The van der Waals surface area contributed by atoms with Crippen molar-refractivity contribution in [1.29, 1.82) is 5.26 Å². The Labute approximate surface area is 224 Å². The van der Waals surface area contributed by atoms with Gasteiger partial charge in [0.2, 0.25) is 0 Å². The number of ether oxygens (including phenoxy) is 3. The molecule has 0 saturated carbocycles. The van der Waals surface area contributed by atoms with Gasteiger partial charge in [-0.15, -0.1) is 0 Å². The molecule has 0 fully saturated rings. The lowest BCUT2D eigenvalue weighted by Gasteiger charge is -2.20. The molecule has 39 heavy (non-hydrogen) atoms. The van der Waals surface area contributed by atoms with Gasteiger partial charge in [0.15, 0.2) is 23.1 Å². The van der Waals surface area contributed by atoms with Crippen LogP contribution in [0.3, 0.4) is 0 Å². The summed E-state index contributed by atoms with van der Waals surface area (Å²) in [6, 6.07) is 17.4. The molecule has 0 amide bonds. The first-order valence-electron chi connectivity index (χ1n) is 11.5. The second-order valence-electron chi connectivity index (χ2n) is 8.13. The Kier molecular flexibility index (Phi) is 8.30. The SMILES string of the molecule is COc1cc(Nc2nc3ccccc3nc2NS(=O)(=O)c2ccc(C#N)cc2)c(OCC(O)CO)c(OC)c1. The summed E-state index contributed by atoms with van der Waals surface area (Å²) in [6.45, 7) is -0.770. The van der Waals surface area contributed by atoms with Crippen molar-refractivity contribution in [1.82, 2.24) is 9.97 Å². The van der Waals surface area contributed by atoms with E-state index in [-0.39, 0.29) is 40.3 Å². The molecule has 4 N–H and O–H groups in total. The maximum absolute atomic E-state index is 13.2. The highest BCUT2D eigenvalue weighted by molar-refractivity contribution is 7.92. The monoisotopic (exact) mass is 551 g/mol. The molecule has 1 aromatic heterocycles. The molecule has 0 aliphatic carbocycles. The summed E-state index contributed by atoms with van der Waals surface area (Å²) < 4.78 is 45.4. The number of anilines is 3. The normalized spacial score (nSPS) is 11.9. The third kappa shape index (κ3) is 6.27. The Bertz CT molecular complexity index is 1620. The molecular formula is C26H25N5O7S. The minimum atomic E-state index is -4.13. The topological polar surface area (TPSA) is 176 Å². The second-order valence-corrected chi connectivity index (χ2v) is 9.81. The summed E-state index contributed by atoms with van der Waals surface area (Å²) >= 11 is 0. The zero-order valence-electron chi connectivity index (χ0n) is 21.0. The lowest BCUT2D eigenvalue weighted by atomic mass is 10.2. The van der Waals surface area contributed by atoms with E-state index in [1.54, 1.807) is 36.4 Å². The zero-order valence-corrected chi connectivity index (χ0v) is 21.8. The van der Waals surface area contributed by atoms with Gasteiger partial charge in [-0.1, -0.05) is 12.1 Å². The number of aliphatic hydroxyl groups excluding tert-OH is 2. The number of hydrogen-bond acceptors (Lipinski definition) is 11. The summed E-state index contributed by atoms with van der Waals surface area (Å²) in [7, 11) is -1.25. The highest BCUT2D eigenvalue weighted by atomic mass is 32.2. The van der Waals surface area contributed by atoms with Crippen LogP contribution < -0.4 is 24.2 Å². The van der Waals surface area contributed by atoms with Crippen molar-refractivity contribution in [3.8, 4) is 23.3 Å². The minimum absolute atomic E-state index is 0.0359. The minimum Gasteiger partial charge on any atom is -0.497 e. The molecule has 1 heterocycles. The van der Waals surface area contributed by atoms with Crippen LogP contribution in [0.15, 0.2) is 65.6 Å². The molecule has 1 atom stereocenters. The molecule has 202 valence electrons. The standard InChI is InChI=1S/C26H25N5O7S/c1-36-18-11-22(24(23(12-18)37-2)38-15-17(33)14-32)30-25-26(29-21-6-4-3-5-20(21)28-25)31-39(34,35)19-9-7-16(13-27)8-10-19/h3-12,17,32-33H,14-15H2,1-2H3,(H,28,30)(H,29,31). The van der Waals surface area contributed by atoms with Crippen molar-refractivity contribution in [2.75, 3.05) is 37.5 Å². The van der Waals surface area contributed by atoms with Crippen LogP contribution in [0, 0.1) is 11.3 Å². The third-order valence-corrected chi connectivity index (χ3v) is 6.82. The number of sulfonamides is 1. The lowest BCUT2D eigenvalue weighted by molar-refractivity contribution is 0.0529. The summed E-state index contributed by atoms with van der Waals surface area (Å²) in [4.78, 5) is 8.97. The Morgan fingerprint density at radius 2 is 1.67 bits per heavy atom. The predicted molar refractivity (Wildman–Crippen MR) is 143 cm³/mol. The van der Waals surface area contributed by atoms with Gasteiger partial charge in [-0.3, -0.25) is 4.72 Å². The predicted octanol–water partition coefficient (Wildman–Crippen LogP) is 2.80. The molecule has 0 aliphatic rings. The number of aromatic nitrogens is 2. The van der Waals surface area contributed by atoms with E-state index in [0.29, 0.717) is 22.3 Å². The number of methoxy groups -OCH3 is 2. The Balaban J connectivity index is 1.81. The van der Waals surface area contributed by atoms with Gasteiger partial charge in [0.1, 0.15) is 18.5 Å². The van der Waals surface area contributed by atoms with Crippen molar-refractivity contribution >= 4 is 38.4 Å². The molecular weight excluding hydrogens is 526 g/mol. The van der Waals surface area contributed by atoms with E-state index >= 15 is 0 Å². The fourth-order valence-corrected chi connectivity index (χ4v) is 4.51. The van der Waals surface area contributed by atoms with E-state index in [9.17, 15) is 18.6 Å². The molecule has 0 saturated heterocycles. The van der Waals surface area contributed by atoms with Crippen LogP contribution in [-0.2, 0) is 10.0 Å². The fourth-order valence-electron chi connectivity index (χ4n) is 3.50. The Hall–Kier alpha value is -4.64.